The van der Waals surface area contributed by atoms with E-state index in [1.165, 1.54) is 0 Å². The first-order valence-electron chi connectivity index (χ1n) is 5.73. The lowest BCUT2D eigenvalue weighted by Gasteiger charge is -2.22. The average molecular weight is 273 g/mol. The van der Waals surface area contributed by atoms with Gasteiger partial charge in [0.1, 0.15) is 0 Å². The van der Waals surface area contributed by atoms with Gasteiger partial charge in [-0.1, -0.05) is 37.3 Å². The molecule has 0 saturated heterocycles. The van der Waals surface area contributed by atoms with Crippen molar-refractivity contribution in [2.45, 2.75) is 19.8 Å². The average Bonchev–Trinajstić information content (AvgIpc) is 2.27. The van der Waals surface area contributed by atoms with Crippen LogP contribution < -0.4 is 0 Å². The summed E-state index contributed by atoms with van der Waals surface area (Å²) in [5.74, 6) is 0. The smallest absolute Gasteiger partial charge is 0.266 e. The fourth-order valence-corrected chi connectivity index (χ4v) is 2.06. The van der Waals surface area contributed by atoms with Crippen LogP contribution in [-0.4, -0.2) is 44.1 Å². The van der Waals surface area contributed by atoms with E-state index in [-0.39, 0.29) is 6.54 Å². The van der Waals surface area contributed by atoms with Gasteiger partial charge in [-0.25, -0.2) is 4.18 Å². The highest BCUT2D eigenvalue weighted by Crippen LogP contribution is 2.06. The summed E-state index contributed by atoms with van der Waals surface area (Å²) in [5, 5.41) is 9.52. The summed E-state index contributed by atoms with van der Waals surface area (Å²) in [6, 6.07) is 9.76. The van der Waals surface area contributed by atoms with Gasteiger partial charge in [-0.3, -0.25) is 4.90 Å². The van der Waals surface area contributed by atoms with Crippen molar-refractivity contribution >= 4 is 10.1 Å². The molecule has 0 aromatic heterocycles. The molecule has 1 aromatic carbocycles. The number of aliphatic hydroxyl groups is 1. The molecular weight excluding hydrogens is 254 g/mol. The van der Waals surface area contributed by atoms with E-state index in [1.807, 2.05) is 42.2 Å². The summed E-state index contributed by atoms with van der Waals surface area (Å²) >= 11 is 0. The Balaban J connectivity index is 2.52. The van der Waals surface area contributed by atoms with Gasteiger partial charge >= 0.3 is 0 Å². The number of benzene rings is 1. The molecule has 0 saturated carbocycles. The van der Waals surface area contributed by atoms with Crippen LogP contribution in [0.1, 0.15) is 12.5 Å². The van der Waals surface area contributed by atoms with Crippen LogP contribution in [0.5, 0.6) is 0 Å². The van der Waals surface area contributed by atoms with Gasteiger partial charge in [0.25, 0.3) is 10.1 Å². The maximum atomic E-state index is 10.9. The van der Waals surface area contributed by atoms with Crippen LogP contribution in [0.15, 0.2) is 30.3 Å². The molecule has 0 aliphatic rings. The standard InChI is InChI=1S/C12H19NO4S/c1-3-13(9-11-7-5-4-6-8-11)10-12(14)17-18(2,15)16/h4-8,12,14H,3,9-10H2,1-2H3. The largest absolute Gasteiger partial charge is 0.366 e. The third-order valence-electron chi connectivity index (χ3n) is 2.40. The minimum absolute atomic E-state index is 0.151. The summed E-state index contributed by atoms with van der Waals surface area (Å²) < 4.78 is 26.2. The molecule has 0 spiro atoms. The molecule has 0 aliphatic heterocycles. The molecule has 0 radical (unpaired) electrons. The second-order valence-corrected chi connectivity index (χ2v) is 5.67. The van der Waals surface area contributed by atoms with Crippen LogP contribution in [0.25, 0.3) is 0 Å². The Labute approximate surface area is 108 Å². The molecular formula is C12H19NO4S. The van der Waals surface area contributed by atoms with Crippen LogP contribution in [0.2, 0.25) is 0 Å². The Morgan fingerprint density at radius 2 is 1.94 bits per heavy atom. The van der Waals surface area contributed by atoms with E-state index in [2.05, 4.69) is 4.18 Å². The second-order valence-electron chi connectivity index (χ2n) is 4.07. The molecule has 0 aliphatic carbocycles. The first kappa shape index (κ1) is 15.1. The SMILES string of the molecule is CCN(Cc1ccccc1)CC(O)OS(C)(=O)=O. The first-order chi connectivity index (χ1) is 8.40. The molecule has 0 fully saturated rings. The quantitative estimate of drug-likeness (QED) is 0.588. The maximum absolute atomic E-state index is 10.9. The molecule has 1 N–H and O–H groups in total. The predicted molar refractivity (Wildman–Crippen MR) is 69.3 cm³/mol. The highest BCUT2D eigenvalue weighted by atomic mass is 32.2. The molecule has 18 heavy (non-hydrogen) atoms. The number of aliphatic hydroxyl groups excluding tert-OH is 1. The number of hydrogen-bond acceptors (Lipinski definition) is 5. The van der Waals surface area contributed by atoms with E-state index in [9.17, 15) is 13.5 Å². The number of rotatable bonds is 7. The van der Waals surface area contributed by atoms with Crippen molar-refractivity contribution in [3.8, 4) is 0 Å². The van der Waals surface area contributed by atoms with E-state index in [4.69, 9.17) is 0 Å². The van der Waals surface area contributed by atoms with Crippen molar-refractivity contribution in [3.63, 3.8) is 0 Å². The molecule has 1 unspecified atom stereocenters. The lowest BCUT2D eigenvalue weighted by atomic mass is 10.2. The van der Waals surface area contributed by atoms with Crippen molar-refractivity contribution < 1.29 is 17.7 Å². The van der Waals surface area contributed by atoms with Crippen molar-refractivity contribution in [3.05, 3.63) is 35.9 Å². The van der Waals surface area contributed by atoms with Crippen molar-refractivity contribution in [1.29, 1.82) is 0 Å². The van der Waals surface area contributed by atoms with E-state index in [0.717, 1.165) is 11.8 Å². The van der Waals surface area contributed by atoms with Gasteiger partial charge in [0.05, 0.1) is 12.8 Å². The zero-order valence-electron chi connectivity index (χ0n) is 10.6. The van der Waals surface area contributed by atoms with Gasteiger partial charge in [0, 0.05) is 6.54 Å². The molecule has 6 heteroatoms. The fourth-order valence-electron chi connectivity index (χ4n) is 1.60. The van der Waals surface area contributed by atoms with Crippen LogP contribution >= 0.6 is 0 Å². The van der Waals surface area contributed by atoms with E-state index in [0.29, 0.717) is 13.1 Å². The van der Waals surface area contributed by atoms with Gasteiger partial charge in [-0.15, -0.1) is 0 Å². The third-order valence-corrected chi connectivity index (χ3v) is 2.97. The minimum atomic E-state index is -3.63. The Hall–Kier alpha value is -0.950. The van der Waals surface area contributed by atoms with Crippen LogP contribution in [0, 0.1) is 0 Å². The molecule has 1 atom stereocenters. The third kappa shape index (κ3) is 6.11. The van der Waals surface area contributed by atoms with Crippen molar-refractivity contribution in [1.82, 2.24) is 4.90 Å². The van der Waals surface area contributed by atoms with Crippen LogP contribution in [0.4, 0.5) is 0 Å². The summed E-state index contributed by atoms with van der Waals surface area (Å²) in [6.07, 6.45) is -0.410. The Kier molecular flexibility index (Phi) is 5.74. The lowest BCUT2D eigenvalue weighted by Crippen LogP contribution is -2.34. The maximum Gasteiger partial charge on any atom is 0.266 e. The van der Waals surface area contributed by atoms with E-state index >= 15 is 0 Å². The zero-order valence-corrected chi connectivity index (χ0v) is 11.4. The van der Waals surface area contributed by atoms with E-state index < -0.39 is 16.4 Å². The first-order valence-corrected chi connectivity index (χ1v) is 7.55. The van der Waals surface area contributed by atoms with Gasteiger partial charge in [-0.05, 0) is 12.1 Å². The zero-order chi connectivity index (χ0) is 13.6. The number of nitrogens with zero attached hydrogens (tertiary/aromatic N) is 1. The highest BCUT2D eigenvalue weighted by Gasteiger charge is 2.15. The van der Waals surface area contributed by atoms with Gasteiger partial charge < -0.3 is 5.11 Å². The predicted octanol–water partition coefficient (Wildman–Crippen LogP) is 0.803. The molecule has 5 nitrogen and oxygen atoms in total. The molecule has 0 heterocycles. The Morgan fingerprint density at radius 1 is 1.33 bits per heavy atom. The topological polar surface area (TPSA) is 66.8 Å². The summed E-state index contributed by atoms with van der Waals surface area (Å²) in [6.45, 7) is 3.43. The molecule has 0 amide bonds. The summed E-state index contributed by atoms with van der Waals surface area (Å²) in [4.78, 5) is 1.91. The Bertz CT molecular complexity index is 446. The van der Waals surface area contributed by atoms with Gasteiger partial charge in [-0.2, -0.15) is 8.42 Å². The minimum Gasteiger partial charge on any atom is -0.366 e. The fraction of sp³-hybridized carbons (Fsp3) is 0.500. The number of hydrogen-bond donors (Lipinski definition) is 1. The number of likely N-dealkylation sites (N-methyl/N-ethyl adjacent to an activating group) is 1. The summed E-state index contributed by atoms with van der Waals surface area (Å²) in [5.41, 5.74) is 1.10. The van der Waals surface area contributed by atoms with Crippen molar-refractivity contribution in [2.24, 2.45) is 0 Å². The lowest BCUT2D eigenvalue weighted by molar-refractivity contribution is -0.0364. The molecule has 102 valence electrons. The normalized spacial score (nSPS) is 13.8. The van der Waals surface area contributed by atoms with Gasteiger partial charge in [0.2, 0.25) is 0 Å². The second kappa shape index (κ2) is 6.84. The van der Waals surface area contributed by atoms with Crippen LogP contribution in [-0.2, 0) is 20.8 Å². The van der Waals surface area contributed by atoms with Crippen LogP contribution in [0.3, 0.4) is 0 Å². The highest BCUT2D eigenvalue weighted by molar-refractivity contribution is 7.86. The Morgan fingerprint density at radius 3 is 2.44 bits per heavy atom. The summed E-state index contributed by atoms with van der Waals surface area (Å²) in [7, 11) is -3.63. The van der Waals surface area contributed by atoms with Crippen molar-refractivity contribution in [2.75, 3.05) is 19.3 Å². The van der Waals surface area contributed by atoms with E-state index in [1.54, 1.807) is 0 Å². The molecule has 0 bridgehead atoms. The molecule has 1 rings (SSSR count). The molecule has 1 aromatic rings. The van der Waals surface area contributed by atoms with Gasteiger partial charge in [0.15, 0.2) is 6.29 Å². The monoisotopic (exact) mass is 273 g/mol.